The molecule has 17 heavy (non-hydrogen) atoms. The van der Waals surface area contributed by atoms with Crippen molar-refractivity contribution in [3.05, 3.63) is 38.5 Å². The monoisotopic (exact) mass is 311 g/mol. The van der Waals surface area contributed by atoms with Crippen LogP contribution in [0.15, 0.2) is 22.2 Å². The maximum Gasteiger partial charge on any atom is 0.120 e. The number of aryl methyl sites for hydroxylation is 1. The fraction of sp³-hybridized carbons (Fsp3) is 0.417. The highest BCUT2D eigenvalue weighted by Crippen LogP contribution is 2.37. The topological polar surface area (TPSA) is 40.7 Å². The summed E-state index contributed by atoms with van der Waals surface area (Å²) in [5, 5.41) is 3.59. The summed E-state index contributed by atoms with van der Waals surface area (Å²) in [6.07, 6.45) is 7.38. The highest BCUT2D eigenvalue weighted by molar-refractivity contribution is 9.11. The van der Waals surface area contributed by atoms with Crippen LogP contribution in [0.2, 0.25) is 0 Å². The van der Waals surface area contributed by atoms with Crippen molar-refractivity contribution in [2.24, 2.45) is 0 Å². The minimum atomic E-state index is 0.478. The highest BCUT2D eigenvalue weighted by atomic mass is 79.9. The molecule has 1 aliphatic carbocycles. The lowest BCUT2D eigenvalue weighted by Gasteiger charge is -2.23. The average molecular weight is 312 g/mol. The lowest BCUT2D eigenvalue weighted by atomic mass is 9.94. The van der Waals surface area contributed by atoms with Crippen molar-refractivity contribution in [1.82, 2.24) is 15.3 Å². The molecule has 0 aliphatic heterocycles. The van der Waals surface area contributed by atoms with Crippen LogP contribution >= 0.6 is 27.3 Å². The van der Waals surface area contributed by atoms with Gasteiger partial charge in [0.2, 0.25) is 0 Å². The Morgan fingerprint density at radius 3 is 3.35 bits per heavy atom. The van der Waals surface area contributed by atoms with Crippen LogP contribution in [0.5, 0.6) is 0 Å². The van der Waals surface area contributed by atoms with Crippen LogP contribution < -0.4 is 5.32 Å². The van der Waals surface area contributed by atoms with Gasteiger partial charge >= 0.3 is 0 Å². The van der Waals surface area contributed by atoms with Gasteiger partial charge in [-0.1, -0.05) is 0 Å². The van der Waals surface area contributed by atoms with Gasteiger partial charge in [0.05, 0.1) is 10.3 Å². The van der Waals surface area contributed by atoms with Gasteiger partial charge in [-0.2, -0.15) is 0 Å². The van der Waals surface area contributed by atoms with Gasteiger partial charge in [0.1, 0.15) is 5.82 Å². The number of rotatable bonds is 3. The average Bonchev–Trinajstić information content (AvgIpc) is 2.93. The molecule has 1 unspecified atom stereocenters. The summed E-state index contributed by atoms with van der Waals surface area (Å²) in [4.78, 5) is 8.89. The number of fused-ring (bicyclic) bond motifs is 1. The fourth-order valence-electron chi connectivity index (χ4n) is 2.35. The van der Waals surface area contributed by atoms with E-state index in [1.807, 2.05) is 17.5 Å². The molecular weight excluding hydrogens is 298 g/mol. The zero-order valence-corrected chi connectivity index (χ0v) is 11.8. The smallest absolute Gasteiger partial charge is 0.120 e. The Bertz CT molecular complexity index is 492. The lowest BCUT2D eigenvalue weighted by molar-refractivity contribution is 0.457. The van der Waals surface area contributed by atoms with Crippen molar-refractivity contribution in [1.29, 1.82) is 0 Å². The molecule has 1 aliphatic rings. The van der Waals surface area contributed by atoms with Gasteiger partial charge in [-0.15, -0.1) is 11.3 Å². The number of thiophene rings is 1. The number of halogens is 1. The van der Waals surface area contributed by atoms with Gasteiger partial charge in [0.25, 0.3) is 0 Å². The van der Waals surface area contributed by atoms with E-state index in [1.54, 1.807) is 6.20 Å². The molecule has 0 spiro atoms. The number of hydrogen-bond acceptors (Lipinski definition) is 3. The maximum atomic E-state index is 4.24. The Kier molecular flexibility index (Phi) is 3.31. The Morgan fingerprint density at radius 1 is 1.59 bits per heavy atom. The highest BCUT2D eigenvalue weighted by Gasteiger charge is 2.22. The molecule has 3 rings (SSSR count). The molecule has 0 bridgehead atoms. The molecule has 0 saturated carbocycles. The van der Waals surface area contributed by atoms with Crippen LogP contribution in [-0.2, 0) is 13.0 Å². The lowest BCUT2D eigenvalue weighted by Crippen LogP contribution is -2.24. The van der Waals surface area contributed by atoms with E-state index < -0.39 is 0 Å². The third kappa shape index (κ3) is 2.46. The Hall–Kier alpha value is -0.650. The molecule has 1 atom stereocenters. The normalized spacial score (nSPS) is 19.2. The molecule has 0 fully saturated rings. The molecule has 5 heteroatoms. The summed E-state index contributed by atoms with van der Waals surface area (Å²) in [6, 6.07) is 2.74. The number of nitrogens with zero attached hydrogens (tertiary/aromatic N) is 1. The summed E-state index contributed by atoms with van der Waals surface area (Å²) >= 11 is 5.45. The number of nitrogens with one attached hydrogen (secondary N) is 2. The third-order valence-electron chi connectivity index (χ3n) is 3.15. The molecule has 0 amide bonds. The second kappa shape index (κ2) is 4.92. The van der Waals surface area contributed by atoms with Crippen molar-refractivity contribution < 1.29 is 0 Å². The number of hydrogen-bond donors (Lipinski definition) is 2. The second-order valence-electron chi connectivity index (χ2n) is 4.29. The number of H-pyrrole nitrogens is 1. The van der Waals surface area contributed by atoms with Crippen LogP contribution in [0.3, 0.4) is 0 Å². The molecular formula is C12H14BrN3S. The van der Waals surface area contributed by atoms with Gasteiger partial charge in [-0.05, 0) is 46.8 Å². The molecule has 2 aromatic heterocycles. The van der Waals surface area contributed by atoms with E-state index in [9.17, 15) is 0 Å². The summed E-state index contributed by atoms with van der Waals surface area (Å²) in [6.45, 7) is 0.810. The number of imidazole rings is 1. The van der Waals surface area contributed by atoms with Gasteiger partial charge < -0.3 is 10.3 Å². The molecule has 0 radical (unpaired) electrons. The maximum absolute atomic E-state index is 4.24. The van der Waals surface area contributed by atoms with Crippen LogP contribution in [-0.4, -0.2) is 9.97 Å². The largest absolute Gasteiger partial charge is 0.348 e. The van der Waals surface area contributed by atoms with Crippen molar-refractivity contribution >= 4 is 27.3 Å². The zero-order valence-electron chi connectivity index (χ0n) is 9.37. The minimum Gasteiger partial charge on any atom is -0.348 e. The first-order valence-electron chi connectivity index (χ1n) is 5.82. The van der Waals surface area contributed by atoms with Crippen molar-refractivity contribution in [3.8, 4) is 0 Å². The number of aromatic nitrogens is 2. The van der Waals surface area contributed by atoms with Crippen molar-refractivity contribution in [2.75, 3.05) is 0 Å². The third-order valence-corrected chi connectivity index (χ3v) is 4.87. The first-order valence-corrected chi connectivity index (χ1v) is 7.43. The van der Waals surface area contributed by atoms with E-state index in [2.05, 4.69) is 37.3 Å². The molecule has 0 aromatic carbocycles. The van der Waals surface area contributed by atoms with Crippen LogP contribution in [0.4, 0.5) is 0 Å². The van der Waals surface area contributed by atoms with E-state index >= 15 is 0 Å². The second-order valence-corrected chi connectivity index (χ2v) is 6.81. The van der Waals surface area contributed by atoms with E-state index in [-0.39, 0.29) is 0 Å². The Labute approximate surface area is 113 Å². The van der Waals surface area contributed by atoms with Gasteiger partial charge in [-0.3, -0.25) is 0 Å². The Balaban J connectivity index is 1.72. The first kappa shape index (κ1) is 11.4. The zero-order chi connectivity index (χ0) is 11.7. The van der Waals surface area contributed by atoms with E-state index in [0.717, 1.165) is 12.4 Å². The van der Waals surface area contributed by atoms with Crippen molar-refractivity contribution in [3.63, 3.8) is 0 Å². The first-order chi connectivity index (χ1) is 8.33. The molecule has 2 heterocycles. The molecule has 2 aromatic rings. The van der Waals surface area contributed by atoms with Crippen LogP contribution in [0, 0.1) is 0 Å². The summed E-state index contributed by atoms with van der Waals surface area (Å²) in [5.41, 5.74) is 1.47. The number of aromatic amines is 1. The predicted molar refractivity (Wildman–Crippen MR) is 73.1 cm³/mol. The molecule has 2 N–H and O–H groups in total. The Morgan fingerprint density at radius 2 is 2.53 bits per heavy atom. The summed E-state index contributed by atoms with van der Waals surface area (Å²) in [5.74, 6) is 1.01. The fourth-order valence-corrected chi connectivity index (χ4v) is 4.17. The van der Waals surface area contributed by atoms with Crippen LogP contribution in [0.1, 0.15) is 35.1 Å². The van der Waals surface area contributed by atoms with Gasteiger partial charge in [-0.25, -0.2) is 4.98 Å². The molecule has 3 nitrogen and oxygen atoms in total. The van der Waals surface area contributed by atoms with Crippen molar-refractivity contribution in [2.45, 2.75) is 31.8 Å². The predicted octanol–water partition coefficient (Wildman–Crippen LogP) is 3.40. The quantitative estimate of drug-likeness (QED) is 0.912. The molecule has 90 valence electrons. The van der Waals surface area contributed by atoms with E-state index in [4.69, 9.17) is 0 Å². The summed E-state index contributed by atoms with van der Waals surface area (Å²) in [7, 11) is 0. The van der Waals surface area contributed by atoms with Gasteiger partial charge in [0, 0.05) is 23.3 Å². The van der Waals surface area contributed by atoms with E-state index in [0.29, 0.717) is 6.04 Å². The standard InChI is InChI=1S/C12H14BrN3S/c13-11-6-8-9(2-1-3-10(8)17-11)16-7-12-14-4-5-15-12/h4-6,9,16H,1-3,7H2,(H,14,15). The molecule has 0 saturated heterocycles. The summed E-state index contributed by atoms with van der Waals surface area (Å²) < 4.78 is 1.24. The van der Waals surface area contributed by atoms with Crippen LogP contribution in [0.25, 0.3) is 0 Å². The van der Waals surface area contributed by atoms with E-state index in [1.165, 1.54) is 33.5 Å². The SMILES string of the molecule is Brc1cc2c(s1)CCCC2NCc1ncc[nH]1. The van der Waals surface area contributed by atoms with Gasteiger partial charge in [0.15, 0.2) is 0 Å². The minimum absolute atomic E-state index is 0.478.